The first-order chi connectivity index (χ1) is 13.3. The van der Waals surface area contributed by atoms with Gasteiger partial charge in [0.15, 0.2) is 5.78 Å². The first kappa shape index (κ1) is 19.8. The third-order valence-corrected chi connectivity index (χ3v) is 4.19. The number of halogens is 4. The number of ketones is 1. The van der Waals surface area contributed by atoms with Gasteiger partial charge in [-0.15, -0.1) is 0 Å². The lowest BCUT2D eigenvalue weighted by Gasteiger charge is -2.17. The predicted octanol–water partition coefficient (Wildman–Crippen LogP) is 6.55. The number of allylic oxidation sites excluding steroid dienone is 5. The average Bonchev–Trinajstić information content (AvgIpc) is 2.65. The van der Waals surface area contributed by atoms with Gasteiger partial charge in [-0.3, -0.25) is 4.79 Å². The van der Waals surface area contributed by atoms with Crippen molar-refractivity contribution in [1.29, 1.82) is 0 Å². The summed E-state index contributed by atoms with van der Waals surface area (Å²) in [5.41, 5.74) is 0.229. The third-order valence-electron chi connectivity index (χ3n) is 3.94. The van der Waals surface area contributed by atoms with E-state index in [4.69, 9.17) is 11.6 Å². The van der Waals surface area contributed by atoms with Crippen LogP contribution in [0.3, 0.4) is 0 Å². The van der Waals surface area contributed by atoms with Crippen molar-refractivity contribution in [3.05, 3.63) is 100 Å². The molecule has 7 heteroatoms. The van der Waals surface area contributed by atoms with E-state index in [0.29, 0.717) is 10.7 Å². The number of rotatable bonds is 4. The minimum atomic E-state index is -4.75. The Kier molecular flexibility index (Phi) is 5.90. The van der Waals surface area contributed by atoms with Crippen LogP contribution < -0.4 is 0 Å². The Balaban J connectivity index is 1.90. The SMILES string of the molecule is O=C1C(Cc2ccccc2)=C/C(=C/N=Nc2ccc(Cl)cc2)C=C1C(F)(F)F. The van der Waals surface area contributed by atoms with E-state index in [1.54, 1.807) is 54.6 Å². The molecule has 0 amide bonds. The Morgan fingerprint density at radius 3 is 2.29 bits per heavy atom. The summed E-state index contributed by atoms with van der Waals surface area (Å²) in [6.45, 7) is 0. The van der Waals surface area contributed by atoms with Gasteiger partial charge in [-0.1, -0.05) is 41.9 Å². The number of nitrogens with zero attached hydrogens (tertiary/aromatic N) is 2. The van der Waals surface area contributed by atoms with Crippen LogP contribution in [0.1, 0.15) is 5.56 Å². The molecule has 28 heavy (non-hydrogen) atoms. The quantitative estimate of drug-likeness (QED) is 0.535. The first-order valence-corrected chi connectivity index (χ1v) is 8.65. The molecule has 0 spiro atoms. The maximum atomic E-state index is 13.3. The lowest BCUT2D eigenvalue weighted by atomic mass is 9.89. The van der Waals surface area contributed by atoms with Crippen LogP contribution >= 0.6 is 11.6 Å². The summed E-state index contributed by atoms with van der Waals surface area (Å²) in [4.78, 5) is 12.3. The molecule has 0 saturated heterocycles. The van der Waals surface area contributed by atoms with Gasteiger partial charge in [0.1, 0.15) is 5.57 Å². The summed E-state index contributed by atoms with van der Waals surface area (Å²) in [7, 11) is 0. The molecule has 2 aromatic rings. The van der Waals surface area contributed by atoms with Gasteiger partial charge in [-0.25, -0.2) is 0 Å². The highest BCUT2D eigenvalue weighted by Crippen LogP contribution is 2.33. The number of carbonyl (C=O) groups is 1. The lowest BCUT2D eigenvalue weighted by Crippen LogP contribution is -2.24. The van der Waals surface area contributed by atoms with E-state index < -0.39 is 17.5 Å². The third kappa shape index (κ3) is 5.04. The van der Waals surface area contributed by atoms with Crippen molar-refractivity contribution in [2.24, 2.45) is 10.2 Å². The molecule has 0 bridgehead atoms. The molecular weight excluding hydrogens is 389 g/mol. The molecule has 0 fully saturated rings. The fourth-order valence-electron chi connectivity index (χ4n) is 2.62. The van der Waals surface area contributed by atoms with Crippen molar-refractivity contribution >= 4 is 23.1 Å². The highest BCUT2D eigenvalue weighted by molar-refractivity contribution is 6.30. The van der Waals surface area contributed by atoms with Crippen LogP contribution in [-0.4, -0.2) is 12.0 Å². The van der Waals surface area contributed by atoms with Crippen LogP contribution in [0.15, 0.2) is 99.9 Å². The Morgan fingerprint density at radius 2 is 1.64 bits per heavy atom. The molecule has 3 rings (SSSR count). The van der Waals surface area contributed by atoms with Crippen molar-refractivity contribution in [1.82, 2.24) is 0 Å². The van der Waals surface area contributed by atoms with Crippen molar-refractivity contribution in [2.75, 3.05) is 0 Å². The summed E-state index contributed by atoms with van der Waals surface area (Å²) in [5, 5.41) is 8.29. The number of carbonyl (C=O) groups excluding carboxylic acids is 1. The normalized spacial score (nSPS) is 16.4. The van der Waals surface area contributed by atoms with Gasteiger partial charge in [0, 0.05) is 17.0 Å². The Bertz CT molecular complexity index is 989. The molecular formula is C21H14ClF3N2O. The summed E-state index contributed by atoms with van der Waals surface area (Å²) in [6, 6.07) is 15.3. The van der Waals surface area contributed by atoms with Gasteiger partial charge < -0.3 is 0 Å². The number of hydrogen-bond donors (Lipinski definition) is 0. The van der Waals surface area contributed by atoms with Gasteiger partial charge in [0.25, 0.3) is 0 Å². The average molecular weight is 403 g/mol. The van der Waals surface area contributed by atoms with E-state index in [1.807, 2.05) is 0 Å². The Labute approximate surface area is 164 Å². The summed E-state index contributed by atoms with van der Waals surface area (Å²) >= 11 is 5.78. The standard InChI is InChI=1S/C21H14ClF3N2O/c22-17-6-8-18(9-7-17)27-26-13-15-11-16(10-14-4-2-1-3-5-14)20(28)19(12-15)21(23,24)25/h1-9,11-13H,10H2/b15-13-,27-26?. The topological polar surface area (TPSA) is 41.8 Å². The van der Waals surface area contributed by atoms with Crippen LogP contribution in [-0.2, 0) is 11.2 Å². The second kappa shape index (κ2) is 8.35. The predicted molar refractivity (Wildman–Crippen MR) is 101 cm³/mol. The summed E-state index contributed by atoms with van der Waals surface area (Å²) in [5.74, 6) is -1.02. The molecule has 0 unspecified atom stereocenters. The van der Waals surface area contributed by atoms with Gasteiger partial charge in [-0.05, 0) is 47.6 Å². The first-order valence-electron chi connectivity index (χ1n) is 8.27. The van der Waals surface area contributed by atoms with Crippen molar-refractivity contribution < 1.29 is 18.0 Å². The van der Waals surface area contributed by atoms with Gasteiger partial charge >= 0.3 is 6.18 Å². The fraction of sp³-hybridized carbons (Fsp3) is 0.0952. The molecule has 2 aromatic carbocycles. The minimum Gasteiger partial charge on any atom is -0.289 e. The molecule has 0 heterocycles. The van der Waals surface area contributed by atoms with Crippen molar-refractivity contribution in [2.45, 2.75) is 12.6 Å². The van der Waals surface area contributed by atoms with Crippen LogP contribution in [0.25, 0.3) is 0 Å². The van der Waals surface area contributed by atoms with Crippen LogP contribution in [0.4, 0.5) is 18.9 Å². The molecule has 0 radical (unpaired) electrons. The van der Waals surface area contributed by atoms with E-state index in [-0.39, 0.29) is 17.6 Å². The molecule has 0 atom stereocenters. The highest BCUT2D eigenvalue weighted by Gasteiger charge is 2.40. The van der Waals surface area contributed by atoms with E-state index in [2.05, 4.69) is 10.2 Å². The summed E-state index contributed by atoms with van der Waals surface area (Å²) in [6.07, 6.45) is -1.26. The number of benzene rings is 2. The number of Topliss-reactive ketones (excluding diaryl/α,β-unsaturated/α-hetero) is 1. The van der Waals surface area contributed by atoms with Crippen LogP contribution in [0.2, 0.25) is 5.02 Å². The van der Waals surface area contributed by atoms with E-state index in [1.165, 1.54) is 12.3 Å². The Morgan fingerprint density at radius 1 is 0.964 bits per heavy atom. The molecule has 1 aliphatic rings. The zero-order valence-corrected chi connectivity index (χ0v) is 15.2. The van der Waals surface area contributed by atoms with E-state index in [9.17, 15) is 18.0 Å². The fourth-order valence-corrected chi connectivity index (χ4v) is 2.74. The largest absolute Gasteiger partial charge is 0.420 e. The van der Waals surface area contributed by atoms with E-state index in [0.717, 1.165) is 11.6 Å². The monoisotopic (exact) mass is 402 g/mol. The van der Waals surface area contributed by atoms with E-state index >= 15 is 0 Å². The second-order valence-corrected chi connectivity index (χ2v) is 6.47. The minimum absolute atomic E-state index is 0.0500. The molecule has 0 aromatic heterocycles. The zero-order chi connectivity index (χ0) is 20.1. The van der Waals surface area contributed by atoms with Crippen molar-refractivity contribution in [3.8, 4) is 0 Å². The maximum absolute atomic E-state index is 13.3. The molecule has 0 N–H and O–H groups in total. The number of azo groups is 1. The smallest absolute Gasteiger partial charge is 0.289 e. The second-order valence-electron chi connectivity index (χ2n) is 6.04. The molecule has 0 saturated carbocycles. The molecule has 1 aliphatic carbocycles. The number of alkyl halides is 3. The van der Waals surface area contributed by atoms with Crippen LogP contribution in [0.5, 0.6) is 0 Å². The summed E-state index contributed by atoms with van der Waals surface area (Å²) < 4.78 is 39.9. The molecule has 142 valence electrons. The lowest BCUT2D eigenvalue weighted by molar-refractivity contribution is -0.126. The van der Waals surface area contributed by atoms with Gasteiger partial charge in [0.2, 0.25) is 0 Å². The number of hydrogen-bond acceptors (Lipinski definition) is 3. The van der Waals surface area contributed by atoms with Crippen molar-refractivity contribution in [3.63, 3.8) is 0 Å². The molecule has 0 aliphatic heterocycles. The molecule has 3 nitrogen and oxygen atoms in total. The highest BCUT2D eigenvalue weighted by atomic mass is 35.5. The maximum Gasteiger partial charge on any atom is 0.420 e. The zero-order valence-electron chi connectivity index (χ0n) is 14.4. The van der Waals surface area contributed by atoms with Crippen LogP contribution in [0, 0.1) is 0 Å². The van der Waals surface area contributed by atoms with Gasteiger partial charge in [-0.2, -0.15) is 23.4 Å². The van der Waals surface area contributed by atoms with Gasteiger partial charge in [0.05, 0.1) is 11.9 Å². The Hall–Kier alpha value is -2.99.